The summed E-state index contributed by atoms with van der Waals surface area (Å²) in [7, 11) is -3.31. The fourth-order valence-corrected chi connectivity index (χ4v) is 3.12. The largest absolute Gasteiger partial charge is 0.321 e. The molecule has 0 atom stereocenters. The minimum Gasteiger partial charge on any atom is -0.321 e. The highest BCUT2D eigenvalue weighted by molar-refractivity contribution is 7.92. The first-order valence-electron chi connectivity index (χ1n) is 7.67. The van der Waals surface area contributed by atoms with E-state index in [1.165, 1.54) is 0 Å². The summed E-state index contributed by atoms with van der Waals surface area (Å²) in [5, 5.41) is 13.0. The smallest absolute Gasteiger partial charge is 0.276 e. The molecular formula is C15H20ClN5O3S. The molecule has 1 aromatic heterocycles. The van der Waals surface area contributed by atoms with E-state index in [0.29, 0.717) is 23.6 Å². The van der Waals surface area contributed by atoms with Crippen molar-refractivity contribution in [3.8, 4) is 0 Å². The number of amides is 1. The number of fused-ring (bicyclic) bond motifs is 1. The lowest BCUT2D eigenvalue weighted by atomic mass is 10.1. The number of halogens is 1. The third kappa shape index (κ3) is 4.50. The Morgan fingerprint density at radius 3 is 2.60 bits per heavy atom. The number of aromatic amines is 1. The number of carbonyl (C=O) groups excluding carboxylic acids is 1. The highest BCUT2D eigenvalue weighted by atomic mass is 35.5. The fraction of sp³-hybridized carbons (Fsp3) is 0.333. The van der Waals surface area contributed by atoms with E-state index in [-0.39, 0.29) is 24.1 Å². The van der Waals surface area contributed by atoms with E-state index in [1.54, 1.807) is 31.2 Å². The molecule has 1 amide bonds. The zero-order valence-corrected chi connectivity index (χ0v) is 15.3. The molecule has 1 aliphatic heterocycles. The van der Waals surface area contributed by atoms with Crippen LogP contribution < -0.4 is 15.4 Å². The van der Waals surface area contributed by atoms with Crippen LogP contribution in [0.4, 0.5) is 11.4 Å². The minimum absolute atomic E-state index is 0. The lowest BCUT2D eigenvalue weighted by molar-refractivity contribution is 0.102. The molecule has 136 valence electrons. The second kappa shape index (κ2) is 7.85. The van der Waals surface area contributed by atoms with E-state index in [1.807, 2.05) is 0 Å². The third-order valence-corrected chi connectivity index (χ3v) is 5.12. The van der Waals surface area contributed by atoms with Crippen LogP contribution in [0.1, 0.15) is 28.7 Å². The van der Waals surface area contributed by atoms with Gasteiger partial charge >= 0.3 is 0 Å². The van der Waals surface area contributed by atoms with Crippen LogP contribution >= 0.6 is 12.4 Å². The van der Waals surface area contributed by atoms with E-state index >= 15 is 0 Å². The average molecular weight is 386 g/mol. The van der Waals surface area contributed by atoms with Crippen molar-refractivity contribution in [2.24, 2.45) is 0 Å². The predicted octanol–water partition coefficient (Wildman–Crippen LogP) is 1.49. The molecule has 0 fully saturated rings. The van der Waals surface area contributed by atoms with Gasteiger partial charge in [0.05, 0.1) is 5.75 Å². The van der Waals surface area contributed by atoms with Crippen LogP contribution in [0.25, 0.3) is 0 Å². The number of sulfonamides is 1. The standard InChI is InChI=1S/C15H19N5O3S.ClH/c1-2-24(22,23)20-11-5-3-10(4-6-11)17-15(21)14-12-9-16-8-7-13(12)18-19-14;/h3-6,16,20H,2,7-9H2,1H3,(H,17,21)(H,18,19);1H. The second-order valence-electron chi connectivity index (χ2n) is 5.49. The van der Waals surface area contributed by atoms with Crippen molar-refractivity contribution in [2.45, 2.75) is 19.9 Å². The summed E-state index contributed by atoms with van der Waals surface area (Å²) in [5.74, 6) is -0.290. The molecule has 2 aromatic rings. The normalized spacial score (nSPS) is 13.5. The van der Waals surface area contributed by atoms with Crippen LogP contribution in [0.2, 0.25) is 0 Å². The summed E-state index contributed by atoms with van der Waals surface area (Å²) in [4.78, 5) is 12.4. The summed E-state index contributed by atoms with van der Waals surface area (Å²) in [6.07, 6.45) is 0.821. The van der Waals surface area contributed by atoms with Crippen molar-refractivity contribution in [1.29, 1.82) is 0 Å². The number of nitrogens with one attached hydrogen (secondary N) is 4. The Bertz CT molecular complexity index is 849. The van der Waals surface area contributed by atoms with Crippen LogP contribution in [0.15, 0.2) is 24.3 Å². The molecule has 1 aliphatic rings. The average Bonchev–Trinajstić information content (AvgIpc) is 3.00. The number of hydrogen-bond acceptors (Lipinski definition) is 5. The molecule has 0 unspecified atom stereocenters. The molecule has 8 nitrogen and oxygen atoms in total. The molecular weight excluding hydrogens is 366 g/mol. The quantitative estimate of drug-likeness (QED) is 0.622. The number of rotatable bonds is 5. The molecule has 0 saturated carbocycles. The van der Waals surface area contributed by atoms with Gasteiger partial charge in [0.15, 0.2) is 5.69 Å². The highest BCUT2D eigenvalue weighted by Gasteiger charge is 2.21. The van der Waals surface area contributed by atoms with Crippen molar-refractivity contribution < 1.29 is 13.2 Å². The first kappa shape index (κ1) is 19.2. The second-order valence-corrected chi connectivity index (χ2v) is 7.50. The maximum absolute atomic E-state index is 12.4. The fourth-order valence-electron chi connectivity index (χ4n) is 2.48. The van der Waals surface area contributed by atoms with Gasteiger partial charge in [-0.1, -0.05) is 0 Å². The Balaban J connectivity index is 0.00000225. The van der Waals surface area contributed by atoms with Crippen LogP contribution in [0.3, 0.4) is 0 Å². The lowest BCUT2D eigenvalue weighted by Crippen LogP contribution is -2.25. The summed E-state index contributed by atoms with van der Waals surface area (Å²) < 4.78 is 25.5. The maximum Gasteiger partial charge on any atom is 0.276 e. The summed E-state index contributed by atoms with van der Waals surface area (Å²) in [6.45, 7) is 3.05. The first-order valence-corrected chi connectivity index (χ1v) is 9.32. The zero-order chi connectivity index (χ0) is 17.2. The highest BCUT2D eigenvalue weighted by Crippen LogP contribution is 2.19. The van der Waals surface area contributed by atoms with Crippen LogP contribution in [-0.2, 0) is 23.0 Å². The molecule has 0 bridgehead atoms. The Hall–Kier alpha value is -2.10. The predicted molar refractivity (Wildman–Crippen MR) is 98.7 cm³/mol. The Kier molecular flexibility index (Phi) is 6.04. The van der Waals surface area contributed by atoms with Gasteiger partial charge in [0.2, 0.25) is 10.0 Å². The Morgan fingerprint density at radius 1 is 1.24 bits per heavy atom. The topological polar surface area (TPSA) is 116 Å². The van der Waals surface area contributed by atoms with Crippen molar-refractivity contribution in [3.05, 3.63) is 41.2 Å². The van der Waals surface area contributed by atoms with E-state index < -0.39 is 10.0 Å². The van der Waals surface area contributed by atoms with Gasteiger partial charge in [-0.15, -0.1) is 12.4 Å². The van der Waals surface area contributed by atoms with Crippen molar-refractivity contribution >= 4 is 39.7 Å². The molecule has 0 aliphatic carbocycles. The van der Waals surface area contributed by atoms with Gasteiger partial charge < -0.3 is 10.6 Å². The van der Waals surface area contributed by atoms with Gasteiger partial charge in [-0.25, -0.2) is 8.42 Å². The number of hydrogen-bond donors (Lipinski definition) is 4. The van der Waals surface area contributed by atoms with Gasteiger partial charge in [0.1, 0.15) is 0 Å². The summed E-state index contributed by atoms with van der Waals surface area (Å²) in [5.41, 5.74) is 3.29. The van der Waals surface area contributed by atoms with E-state index in [4.69, 9.17) is 0 Å². The number of nitrogens with zero attached hydrogens (tertiary/aromatic N) is 1. The molecule has 0 radical (unpaired) electrons. The van der Waals surface area contributed by atoms with Gasteiger partial charge in [-0.05, 0) is 31.2 Å². The van der Waals surface area contributed by atoms with Crippen LogP contribution in [0, 0.1) is 0 Å². The minimum atomic E-state index is -3.31. The first-order chi connectivity index (χ1) is 11.5. The van der Waals surface area contributed by atoms with Gasteiger partial charge in [0.25, 0.3) is 5.91 Å². The number of aromatic nitrogens is 2. The van der Waals surface area contributed by atoms with Gasteiger partial charge in [-0.2, -0.15) is 5.10 Å². The number of anilines is 2. The van der Waals surface area contributed by atoms with Gasteiger partial charge in [0, 0.05) is 42.1 Å². The van der Waals surface area contributed by atoms with Crippen molar-refractivity contribution in [1.82, 2.24) is 15.5 Å². The lowest BCUT2D eigenvalue weighted by Gasteiger charge is -2.13. The van der Waals surface area contributed by atoms with E-state index in [9.17, 15) is 13.2 Å². The van der Waals surface area contributed by atoms with Crippen LogP contribution in [-0.4, -0.2) is 36.8 Å². The molecule has 10 heteroatoms. The number of benzene rings is 1. The van der Waals surface area contributed by atoms with Crippen molar-refractivity contribution in [3.63, 3.8) is 0 Å². The summed E-state index contributed by atoms with van der Waals surface area (Å²) in [6, 6.07) is 6.49. The monoisotopic (exact) mass is 385 g/mol. The number of carbonyl (C=O) groups is 1. The molecule has 25 heavy (non-hydrogen) atoms. The third-order valence-electron chi connectivity index (χ3n) is 3.82. The number of H-pyrrole nitrogens is 1. The molecule has 2 heterocycles. The molecule has 0 saturated heterocycles. The van der Waals surface area contributed by atoms with Crippen LogP contribution in [0.5, 0.6) is 0 Å². The van der Waals surface area contributed by atoms with E-state index in [0.717, 1.165) is 24.2 Å². The van der Waals surface area contributed by atoms with Crippen molar-refractivity contribution in [2.75, 3.05) is 22.3 Å². The molecule has 3 rings (SSSR count). The molecule has 1 aromatic carbocycles. The molecule has 4 N–H and O–H groups in total. The SMILES string of the molecule is CCS(=O)(=O)Nc1ccc(NC(=O)c2n[nH]c3c2CNCC3)cc1.Cl. The Labute approximate surface area is 152 Å². The molecule has 0 spiro atoms. The maximum atomic E-state index is 12.4. The van der Waals surface area contributed by atoms with Gasteiger partial charge in [-0.3, -0.25) is 14.6 Å². The summed E-state index contributed by atoms with van der Waals surface area (Å²) >= 11 is 0. The zero-order valence-electron chi connectivity index (χ0n) is 13.6. The Morgan fingerprint density at radius 2 is 1.92 bits per heavy atom. The van der Waals surface area contributed by atoms with E-state index in [2.05, 4.69) is 25.6 Å².